The molecule has 0 aliphatic carbocycles. The van der Waals surface area contributed by atoms with E-state index in [0.29, 0.717) is 6.54 Å². The van der Waals surface area contributed by atoms with E-state index in [4.69, 9.17) is 0 Å². The molecule has 0 fully saturated rings. The number of rotatable bonds is 4. The number of hydrogen-bond acceptors (Lipinski definition) is 4. The van der Waals surface area contributed by atoms with Gasteiger partial charge in [0.2, 0.25) is 0 Å². The molecule has 0 aliphatic rings. The Hall–Kier alpha value is -1.89. The predicted molar refractivity (Wildman–Crippen MR) is 85.4 cm³/mol. The van der Waals surface area contributed by atoms with Crippen LogP contribution in [0.25, 0.3) is 5.65 Å². The smallest absolute Gasteiger partial charge is 0.172 e. The minimum atomic E-state index is 0.703. The van der Waals surface area contributed by atoms with Gasteiger partial charge in [-0.2, -0.15) is 14.7 Å². The summed E-state index contributed by atoms with van der Waals surface area (Å²) in [6, 6.07) is 2.00. The van der Waals surface area contributed by atoms with E-state index in [1.54, 1.807) is 0 Å². The third kappa shape index (κ3) is 2.65. The third-order valence-corrected chi connectivity index (χ3v) is 4.23. The van der Waals surface area contributed by atoms with Crippen molar-refractivity contribution in [3.63, 3.8) is 0 Å². The van der Waals surface area contributed by atoms with Crippen LogP contribution in [0.4, 0.5) is 5.82 Å². The van der Waals surface area contributed by atoms with Gasteiger partial charge in [-0.25, -0.2) is 4.98 Å². The van der Waals surface area contributed by atoms with Crippen LogP contribution in [0.1, 0.15) is 23.9 Å². The molecule has 0 unspecified atom stereocenters. The molecule has 3 aromatic rings. The summed E-state index contributed by atoms with van der Waals surface area (Å²) in [6.07, 6.45) is 3.93. The van der Waals surface area contributed by atoms with Crippen LogP contribution in [-0.2, 0) is 13.1 Å². The quantitative estimate of drug-likeness (QED) is 0.787. The second-order valence-corrected chi connectivity index (χ2v) is 5.77. The fourth-order valence-corrected chi connectivity index (χ4v) is 2.54. The SMILES string of the molecule is CCn1cc(CNc2cc(C)nc3c(Br)c(C)nn23)cn1. The first-order valence-corrected chi connectivity index (χ1v) is 7.65. The molecule has 0 saturated carbocycles. The number of anilines is 1. The first kappa shape index (κ1) is 14.1. The topological polar surface area (TPSA) is 60.0 Å². The zero-order valence-electron chi connectivity index (χ0n) is 12.3. The summed E-state index contributed by atoms with van der Waals surface area (Å²) < 4.78 is 4.68. The Morgan fingerprint density at radius 1 is 1.33 bits per heavy atom. The molecule has 3 heterocycles. The Kier molecular flexibility index (Phi) is 3.67. The van der Waals surface area contributed by atoms with Crippen LogP contribution in [0.2, 0.25) is 0 Å². The van der Waals surface area contributed by atoms with Crippen molar-refractivity contribution in [3.05, 3.63) is 39.9 Å². The number of nitrogens with zero attached hydrogens (tertiary/aromatic N) is 5. The normalized spacial score (nSPS) is 11.2. The van der Waals surface area contributed by atoms with Crippen LogP contribution in [0.15, 0.2) is 22.9 Å². The fraction of sp³-hybridized carbons (Fsp3) is 0.357. The third-order valence-electron chi connectivity index (χ3n) is 3.30. The summed E-state index contributed by atoms with van der Waals surface area (Å²) in [4.78, 5) is 4.53. The number of fused-ring (bicyclic) bond motifs is 1. The highest BCUT2D eigenvalue weighted by Gasteiger charge is 2.12. The van der Waals surface area contributed by atoms with Crippen molar-refractivity contribution >= 4 is 27.4 Å². The molecule has 3 rings (SSSR count). The van der Waals surface area contributed by atoms with E-state index in [1.807, 2.05) is 41.5 Å². The van der Waals surface area contributed by atoms with Crippen molar-refractivity contribution in [2.24, 2.45) is 0 Å². The molecule has 0 aromatic carbocycles. The van der Waals surface area contributed by atoms with Gasteiger partial charge in [-0.3, -0.25) is 4.68 Å². The Balaban J connectivity index is 1.91. The summed E-state index contributed by atoms with van der Waals surface area (Å²) in [7, 11) is 0. The molecule has 0 saturated heterocycles. The molecule has 0 atom stereocenters. The van der Waals surface area contributed by atoms with Gasteiger partial charge in [0.15, 0.2) is 5.65 Å². The summed E-state index contributed by atoms with van der Waals surface area (Å²) in [5.41, 5.74) is 3.85. The predicted octanol–water partition coefficient (Wildman–Crippen LogP) is 2.94. The van der Waals surface area contributed by atoms with Crippen molar-refractivity contribution in [1.82, 2.24) is 24.4 Å². The minimum Gasteiger partial charge on any atom is -0.366 e. The lowest BCUT2D eigenvalue weighted by Gasteiger charge is -2.08. The second kappa shape index (κ2) is 5.48. The lowest BCUT2D eigenvalue weighted by Crippen LogP contribution is -2.06. The number of hydrogen-bond donors (Lipinski definition) is 1. The molecule has 7 heteroatoms. The molecule has 21 heavy (non-hydrogen) atoms. The average molecular weight is 349 g/mol. The summed E-state index contributed by atoms with van der Waals surface area (Å²) in [5, 5.41) is 12.2. The van der Waals surface area contributed by atoms with Crippen LogP contribution >= 0.6 is 15.9 Å². The first-order chi connectivity index (χ1) is 10.1. The summed E-state index contributed by atoms with van der Waals surface area (Å²) in [5.74, 6) is 0.926. The molecule has 0 spiro atoms. The van der Waals surface area contributed by atoms with Crippen LogP contribution in [0.5, 0.6) is 0 Å². The molecule has 3 aromatic heterocycles. The summed E-state index contributed by atoms with van der Waals surface area (Å²) >= 11 is 3.54. The Morgan fingerprint density at radius 3 is 2.86 bits per heavy atom. The average Bonchev–Trinajstić information content (AvgIpc) is 3.03. The largest absolute Gasteiger partial charge is 0.366 e. The Morgan fingerprint density at radius 2 is 2.14 bits per heavy atom. The fourth-order valence-electron chi connectivity index (χ4n) is 2.21. The van der Waals surface area contributed by atoms with E-state index in [-0.39, 0.29) is 0 Å². The lowest BCUT2D eigenvalue weighted by molar-refractivity contribution is 0.659. The zero-order chi connectivity index (χ0) is 15.0. The van der Waals surface area contributed by atoms with Gasteiger partial charge < -0.3 is 5.32 Å². The standard InChI is InChI=1S/C14H17BrN6/c1-4-20-8-11(7-17-20)6-16-12-5-9(2)18-14-13(15)10(3)19-21(12)14/h5,7-8,16H,4,6H2,1-3H3. The maximum Gasteiger partial charge on any atom is 0.172 e. The minimum absolute atomic E-state index is 0.703. The second-order valence-electron chi connectivity index (χ2n) is 4.98. The lowest BCUT2D eigenvalue weighted by atomic mass is 10.3. The van der Waals surface area contributed by atoms with Gasteiger partial charge in [0.1, 0.15) is 5.82 Å². The summed E-state index contributed by atoms with van der Waals surface area (Å²) in [6.45, 7) is 7.60. The molecule has 0 radical (unpaired) electrons. The maximum atomic E-state index is 4.53. The van der Waals surface area contributed by atoms with E-state index in [9.17, 15) is 0 Å². The maximum absolute atomic E-state index is 4.53. The van der Waals surface area contributed by atoms with Crippen molar-refractivity contribution in [2.45, 2.75) is 33.9 Å². The Bertz CT molecular complexity index is 788. The zero-order valence-corrected chi connectivity index (χ0v) is 13.8. The molecular weight excluding hydrogens is 332 g/mol. The highest BCUT2D eigenvalue weighted by molar-refractivity contribution is 9.10. The molecule has 0 amide bonds. The number of aryl methyl sites for hydroxylation is 3. The van der Waals surface area contributed by atoms with E-state index in [0.717, 1.165) is 39.4 Å². The van der Waals surface area contributed by atoms with Gasteiger partial charge in [-0.05, 0) is 36.7 Å². The number of halogens is 1. The van der Waals surface area contributed by atoms with E-state index in [2.05, 4.69) is 43.4 Å². The highest BCUT2D eigenvalue weighted by Crippen LogP contribution is 2.24. The molecule has 1 N–H and O–H groups in total. The van der Waals surface area contributed by atoms with Gasteiger partial charge in [-0.1, -0.05) is 0 Å². The van der Waals surface area contributed by atoms with Gasteiger partial charge >= 0.3 is 0 Å². The van der Waals surface area contributed by atoms with E-state index >= 15 is 0 Å². The van der Waals surface area contributed by atoms with Crippen molar-refractivity contribution in [1.29, 1.82) is 0 Å². The monoisotopic (exact) mass is 348 g/mol. The van der Waals surface area contributed by atoms with Gasteiger partial charge in [0, 0.05) is 36.6 Å². The van der Waals surface area contributed by atoms with Crippen molar-refractivity contribution < 1.29 is 0 Å². The molecule has 110 valence electrons. The number of aromatic nitrogens is 5. The van der Waals surface area contributed by atoms with E-state index < -0.39 is 0 Å². The van der Waals surface area contributed by atoms with Crippen LogP contribution < -0.4 is 5.32 Å². The van der Waals surface area contributed by atoms with Gasteiger partial charge in [0.05, 0.1) is 16.4 Å². The number of nitrogens with one attached hydrogen (secondary N) is 1. The molecule has 6 nitrogen and oxygen atoms in total. The van der Waals surface area contributed by atoms with Crippen molar-refractivity contribution in [3.8, 4) is 0 Å². The Labute approximate surface area is 131 Å². The van der Waals surface area contributed by atoms with Gasteiger partial charge in [-0.15, -0.1) is 0 Å². The first-order valence-electron chi connectivity index (χ1n) is 6.86. The van der Waals surface area contributed by atoms with E-state index in [1.165, 1.54) is 0 Å². The van der Waals surface area contributed by atoms with Crippen molar-refractivity contribution in [2.75, 3.05) is 5.32 Å². The van der Waals surface area contributed by atoms with Crippen LogP contribution in [0, 0.1) is 13.8 Å². The van der Waals surface area contributed by atoms with Gasteiger partial charge in [0.25, 0.3) is 0 Å². The van der Waals surface area contributed by atoms with Crippen LogP contribution in [-0.4, -0.2) is 24.4 Å². The van der Waals surface area contributed by atoms with Crippen LogP contribution in [0.3, 0.4) is 0 Å². The molecular formula is C14H17BrN6. The highest BCUT2D eigenvalue weighted by atomic mass is 79.9. The molecule has 0 aliphatic heterocycles. The molecule has 0 bridgehead atoms.